The summed E-state index contributed by atoms with van der Waals surface area (Å²) in [6.07, 6.45) is 1.20. The number of thiazole rings is 1. The Kier molecular flexibility index (Phi) is 7.09. The Balaban J connectivity index is 1.69. The highest BCUT2D eigenvalue weighted by molar-refractivity contribution is 7.99. The summed E-state index contributed by atoms with van der Waals surface area (Å²) >= 11 is 2.95. The van der Waals surface area contributed by atoms with Gasteiger partial charge in [-0.2, -0.15) is 0 Å². The van der Waals surface area contributed by atoms with Gasteiger partial charge in [-0.05, 0) is 31.2 Å². The Morgan fingerprint density at radius 1 is 1.30 bits per heavy atom. The zero-order chi connectivity index (χ0) is 16.5. The summed E-state index contributed by atoms with van der Waals surface area (Å²) in [5.41, 5.74) is 0.229. The summed E-state index contributed by atoms with van der Waals surface area (Å²) in [4.78, 5) is 28.6. The lowest BCUT2D eigenvalue weighted by Gasteiger charge is -2.02. The zero-order valence-corrected chi connectivity index (χ0v) is 14.4. The van der Waals surface area contributed by atoms with E-state index in [4.69, 9.17) is 4.74 Å². The van der Waals surface area contributed by atoms with Crippen LogP contribution in [0.25, 0.3) is 0 Å². The lowest BCUT2D eigenvalue weighted by atomic mass is 10.3. The second kappa shape index (κ2) is 9.32. The molecule has 0 saturated heterocycles. The number of amides is 1. The first-order valence-corrected chi connectivity index (χ1v) is 9.16. The van der Waals surface area contributed by atoms with E-state index in [-0.39, 0.29) is 11.6 Å². The number of esters is 1. The quantitative estimate of drug-likeness (QED) is 0.445. The number of hydrogen-bond acceptors (Lipinski definition) is 6. The first-order valence-electron chi connectivity index (χ1n) is 7.29. The molecular weight excluding hydrogens is 332 g/mol. The largest absolute Gasteiger partial charge is 0.461 e. The predicted octanol–water partition coefficient (Wildman–Crippen LogP) is 3.83. The molecule has 1 amide bonds. The molecule has 0 fully saturated rings. The van der Waals surface area contributed by atoms with Gasteiger partial charge in [0.25, 0.3) is 0 Å². The normalized spacial score (nSPS) is 10.3. The van der Waals surface area contributed by atoms with Crippen molar-refractivity contribution in [2.45, 2.75) is 24.7 Å². The summed E-state index contributed by atoms with van der Waals surface area (Å²) in [6.45, 7) is 2.04. The van der Waals surface area contributed by atoms with Crippen molar-refractivity contribution in [3.05, 3.63) is 41.4 Å². The van der Waals surface area contributed by atoms with E-state index in [2.05, 4.69) is 22.4 Å². The molecule has 2 rings (SSSR count). The third-order valence-corrected chi connectivity index (χ3v) is 4.65. The monoisotopic (exact) mass is 350 g/mol. The number of ether oxygens (including phenoxy) is 1. The van der Waals surface area contributed by atoms with Crippen molar-refractivity contribution in [3.8, 4) is 0 Å². The molecule has 1 aromatic carbocycles. The molecule has 0 atom stereocenters. The van der Waals surface area contributed by atoms with E-state index < -0.39 is 5.97 Å². The molecule has 122 valence electrons. The highest BCUT2D eigenvalue weighted by atomic mass is 32.2. The molecular formula is C16H18N2O3S2. The van der Waals surface area contributed by atoms with E-state index in [1.165, 1.54) is 16.2 Å². The number of aromatic nitrogens is 1. The van der Waals surface area contributed by atoms with Crippen LogP contribution in [0.3, 0.4) is 0 Å². The van der Waals surface area contributed by atoms with Crippen LogP contribution in [0.4, 0.5) is 5.13 Å². The predicted molar refractivity (Wildman–Crippen MR) is 93.1 cm³/mol. The summed E-state index contributed by atoms with van der Waals surface area (Å²) < 4.78 is 4.86. The molecule has 1 N–H and O–H groups in total. The average Bonchev–Trinajstić information content (AvgIpc) is 3.01. The standard InChI is InChI=1S/C16H18N2O3S2/c1-2-21-15(20)13-11-23-16(17-13)18-14(19)9-6-10-22-12-7-4-3-5-8-12/h3-5,7-8,11H,2,6,9-10H2,1H3,(H,17,18,19). The Hall–Kier alpha value is -1.86. The van der Waals surface area contributed by atoms with Gasteiger partial charge in [-0.25, -0.2) is 9.78 Å². The maximum atomic E-state index is 11.9. The fourth-order valence-corrected chi connectivity index (χ4v) is 3.32. The lowest BCUT2D eigenvalue weighted by molar-refractivity contribution is -0.116. The molecule has 0 unspecified atom stereocenters. The minimum Gasteiger partial charge on any atom is -0.461 e. The Morgan fingerprint density at radius 3 is 2.83 bits per heavy atom. The molecule has 1 heterocycles. The van der Waals surface area contributed by atoms with Gasteiger partial charge in [0.15, 0.2) is 10.8 Å². The van der Waals surface area contributed by atoms with Gasteiger partial charge >= 0.3 is 5.97 Å². The molecule has 0 aliphatic heterocycles. The van der Waals surface area contributed by atoms with Crippen molar-refractivity contribution >= 4 is 40.1 Å². The minimum absolute atomic E-state index is 0.0941. The zero-order valence-electron chi connectivity index (χ0n) is 12.8. The molecule has 7 heteroatoms. The minimum atomic E-state index is -0.469. The second-order valence-corrected chi connectivity index (χ2v) is 6.60. The molecule has 0 radical (unpaired) electrons. The van der Waals surface area contributed by atoms with Crippen molar-refractivity contribution < 1.29 is 14.3 Å². The number of nitrogens with one attached hydrogen (secondary N) is 1. The van der Waals surface area contributed by atoms with E-state index in [1.807, 2.05) is 18.2 Å². The van der Waals surface area contributed by atoms with Crippen LogP contribution < -0.4 is 5.32 Å². The van der Waals surface area contributed by atoms with Gasteiger partial charge in [0.1, 0.15) is 0 Å². The lowest BCUT2D eigenvalue weighted by Crippen LogP contribution is -2.12. The van der Waals surface area contributed by atoms with Crippen LogP contribution >= 0.6 is 23.1 Å². The average molecular weight is 350 g/mol. The summed E-state index contributed by atoms with van der Waals surface area (Å²) in [5.74, 6) is 0.315. The highest BCUT2D eigenvalue weighted by Crippen LogP contribution is 2.19. The molecule has 0 spiro atoms. The van der Waals surface area contributed by atoms with Crippen LogP contribution in [0.2, 0.25) is 0 Å². The van der Waals surface area contributed by atoms with Gasteiger partial charge in [0.05, 0.1) is 6.61 Å². The summed E-state index contributed by atoms with van der Waals surface area (Å²) in [6, 6.07) is 10.1. The Morgan fingerprint density at radius 2 is 2.09 bits per heavy atom. The summed E-state index contributed by atoms with van der Waals surface area (Å²) in [5, 5.41) is 4.72. The van der Waals surface area contributed by atoms with Gasteiger partial charge in [-0.1, -0.05) is 18.2 Å². The van der Waals surface area contributed by atoms with E-state index >= 15 is 0 Å². The van der Waals surface area contributed by atoms with E-state index in [9.17, 15) is 9.59 Å². The third kappa shape index (κ3) is 6.03. The maximum absolute atomic E-state index is 11.9. The molecule has 0 aliphatic rings. The van der Waals surface area contributed by atoms with Gasteiger partial charge in [-0.3, -0.25) is 4.79 Å². The van der Waals surface area contributed by atoms with Crippen molar-refractivity contribution in [3.63, 3.8) is 0 Å². The van der Waals surface area contributed by atoms with Gasteiger partial charge in [0, 0.05) is 16.7 Å². The molecule has 0 bridgehead atoms. The van der Waals surface area contributed by atoms with Crippen LogP contribution in [0, 0.1) is 0 Å². The Bertz CT molecular complexity index is 644. The van der Waals surface area contributed by atoms with Crippen LogP contribution in [0.1, 0.15) is 30.3 Å². The smallest absolute Gasteiger partial charge is 0.357 e. The number of anilines is 1. The maximum Gasteiger partial charge on any atom is 0.357 e. The highest BCUT2D eigenvalue weighted by Gasteiger charge is 2.12. The number of hydrogen-bond donors (Lipinski definition) is 1. The third-order valence-electron chi connectivity index (χ3n) is 2.80. The second-order valence-electron chi connectivity index (χ2n) is 4.57. The molecule has 0 aliphatic carbocycles. The van der Waals surface area contributed by atoms with E-state index in [0.29, 0.717) is 18.2 Å². The fourth-order valence-electron chi connectivity index (χ4n) is 1.75. The molecule has 1 aromatic heterocycles. The van der Waals surface area contributed by atoms with Gasteiger partial charge in [-0.15, -0.1) is 23.1 Å². The first-order chi connectivity index (χ1) is 11.2. The number of nitrogens with zero attached hydrogens (tertiary/aromatic N) is 1. The van der Waals surface area contributed by atoms with Crippen molar-refractivity contribution in [1.29, 1.82) is 0 Å². The Labute approximate surface area is 143 Å². The SMILES string of the molecule is CCOC(=O)c1csc(NC(=O)CCCSc2ccccc2)n1. The molecule has 5 nitrogen and oxygen atoms in total. The van der Waals surface area contributed by atoms with Crippen LogP contribution in [0.15, 0.2) is 40.6 Å². The number of carbonyl (C=O) groups is 2. The molecule has 23 heavy (non-hydrogen) atoms. The number of carbonyl (C=O) groups excluding carboxylic acids is 2. The molecule has 0 saturated carbocycles. The van der Waals surface area contributed by atoms with Crippen LogP contribution in [0.5, 0.6) is 0 Å². The van der Waals surface area contributed by atoms with Crippen molar-refractivity contribution in [2.24, 2.45) is 0 Å². The topological polar surface area (TPSA) is 68.3 Å². The number of benzene rings is 1. The van der Waals surface area contributed by atoms with Gasteiger partial charge < -0.3 is 10.1 Å². The van der Waals surface area contributed by atoms with E-state index in [0.717, 1.165) is 12.2 Å². The van der Waals surface area contributed by atoms with Gasteiger partial charge in [0.2, 0.25) is 5.91 Å². The summed E-state index contributed by atoms with van der Waals surface area (Å²) in [7, 11) is 0. The fraction of sp³-hybridized carbons (Fsp3) is 0.312. The van der Waals surface area contributed by atoms with Crippen molar-refractivity contribution in [1.82, 2.24) is 4.98 Å². The van der Waals surface area contributed by atoms with Crippen LogP contribution in [-0.4, -0.2) is 29.2 Å². The van der Waals surface area contributed by atoms with Crippen molar-refractivity contribution in [2.75, 3.05) is 17.7 Å². The molecule has 2 aromatic rings. The van der Waals surface area contributed by atoms with E-state index in [1.54, 1.807) is 24.1 Å². The first kappa shape index (κ1) is 17.5. The number of rotatable bonds is 8. The number of thioether (sulfide) groups is 1. The van der Waals surface area contributed by atoms with Crippen LogP contribution in [-0.2, 0) is 9.53 Å².